The van der Waals surface area contributed by atoms with Crippen LogP contribution in [0, 0.1) is 13.8 Å². The minimum atomic E-state index is -0.0324. The summed E-state index contributed by atoms with van der Waals surface area (Å²) in [5.74, 6) is 6.59. The van der Waals surface area contributed by atoms with E-state index in [2.05, 4.69) is 16.6 Å². The lowest BCUT2D eigenvalue weighted by molar-refractivity contribution is 0.411. The first kappa shape index (κ1) is 15.8. The number of rotatable bonds is 5. The summed E-state index contributed by atoms with van der Waals surface area (Å²) in [6, 6.07) is 6.00. The minimum Gasteiger partial charge on any atom is -0.496 e. The normalized spacial score (nSPS) is 12.5. The molecule has 0 aliphatic carbocycles. The largest absolute Gasteiger partial charge is 0.496 e. The van der Waals surface area contributed by atoms with E-state index in [0.29, 0.717) is 11.6 Å². The maximum absolute atomic E-state index is 6.29. The molecule has 1 unspecified atom stereocenters. The van der Waals surface area contributed by atoms with Crippen molar-refractivity contribution in [2.45, 2.75) is 26.3 Å². The fraction of sp³-hybridized carbons (Fsp3) is 0.400. The number of hydrogen-bond donors (Lipinski definition) is 2. The van der Waals surface area contributed by atoms with Crippen molar-refractivity contribution in [1.29, 1.82) is 0 Å². The van der Waals surface area contributed by atoms with Gasteiger partial charge in [-0.05, 0) is 37.5 Å². The van der Waals surface area contributed by atoms with E-state index in [9.17, 15) is 0 Å². The summed E-state index contributed by atoms with van der Waals surface area (Å²) in [4.78, 5) is 0. The van der Waals surface area contributed by atoms with Crippen LogP contribution in [0.25, 0.3) is 0 Å². The van der Waals surface area contributed by atoms with Crippen molar-refractivity contribution >= 4 is 11.6 Å². The zero-order chi connectivity index (χ0) is 15.6. The molecule has 2 aromatic rings. The summed E-state index contributed by atoms with van der Waals surface area (Å²) in [6.45, 7) is 3.96. The molecule has 114 valence electrons. The van der Waals surface area contributed by atoms with Crippen LogP contribution in [0.4, 0.5) is 0 Å². The molecule has 1 aromatic heterocycles. The molecule has 0 radical (unpaired) electrons. The van der Waals surface area contributed by atoms with Crippen LogP contribution < -0.4 is 16.0 Å². The van der Waals surface area contributed by atoms with Crippen LogP contribution in [0.2, 0.25) is 5.15 Å². The molecule has 1 heterocycles. The molecule has 3 N–H and O–H groups in total. The van der Waals surface area contributed by atoms with Gasteiger partial charge in [-0.2, -0.15) is 5.10 Å². The molecular formula is C15H21ClN4O. The van der Waals surface area contributed by atoms with Crippen molar-refractivity contribution in [3.63, 3.8) is 0 Å². The van der Waals surface area contributed by atoms with Gasteiger partial charge < -0.3 is 4.74 Å². The smallest absolute Gasteiger partial charge is 0.130 e. The quantitative estimate of drug-likeness (QED) is 0.658. The summed E-state index contributed by atoms with van der Waals surface area (Å²) >= 11 is 6.29. The van der Waals surface area contributed by atoms with Gasteiger partial charge in [-0.15, -0.1) is 0 Å². The average molecular weight is 309 g/mol. The average Bonchev–Trinajstić information content (AvgIpc) is 2.70. The van der Waals surface area contributed by atoms with Crippen LogP contribution in [-0.2, 0) is 13.5 Å². The lowest BCUT2D eigenvalue weighted by atomic mass is 9.98. The van der Waals surface area contributed by atoms with E-state index in [0.717, 1.165) is 28.1 Å². The standard InChI is InChI=1S/C15H21ClN4O/c1-9-7-11(5-6-14(9)21-4)13(18-17)8-12-10(2)19-20(3)15(12)16/h5-7,13,18H,8,17H2,1-4H3. The Morgan fingerprint density at radius 3 is 2.62 bits per heavy atom. The predicted molar refractivity (Wildman–Crippen MR) is 84.5 cm³/mol. The maximum atomic E-state index is 6.29. The Labute approximate surface area is 130 Å². The van der Waals surface area contributed by atoms with Gasteiger partial charge in [0.05, 0.1) is 18.8 Å². The van der Waals surface area contributed by atoms with Crippen molar-refractivity contribution in [3.8, 4) is 5.75 Å². The van der Waals surface area contributed by atoms with E-state index in [4.69, 9.17) is 22.2 Å². The Kier molecular flexibility index (Phi) is 4.88. The lowest BCUT2D eigenvalue weighted by Gasteiger charge is -2.18. The number of hydrogen-bond acceptors (Lipinski definition) is 4. The Morgan fingerprint density at radius 2 is 2.14 bits per heavy atom. The third-order valence-corrected chi connectivity index (χ3v) is 4.17. The van der Waals surface area contributed by atoms with Gasteiger partial charge in [0.15, 0.2) is 0 Å². The molecule has 0 amide bonds. The number of nitrogens with two attached hydrogens (primary N) is 1. The predicted octanol–water partition coefficient (Wildman–Crippen LogP) is 2.45. The highest BCUT2D eigenvalue weighted by Gasteiger charge is 2.18. The molecule has 1 atom stereocenters. The third kappa shape index (κ3) is 3.20. The lowest BCUT2D eigenvalue weighted by Crippen LogP contribution is -2.29. The molecule has 6 heteroatoms. The van der Waals surface area contributed by atoms with Gasteiger partial charge >= 0.3 is 0 Å². The molecule has 0 bridgehead atoms. The first-order chi connectivity index (χ1) is 9.97. The van der Waals surface area contributed by atoms with Gasteiger partial charge in [0.1, 0.15) is 10.9 Å². The SMILES string of the molecule is COc1ccc(C(Cc2c(C)nn(C)c2Cl)NN)cc1C. The summed E-state index contributed by atoms with van der Waals surface area (Å²) < 4.78 is 6.97. The monoisotopic (exact) mass is 308 g/mol. The van der Waals surface area contributed by atoms with Gasteiger partial charge in [-0.1, -0.05) is 23.7 Å². The van der Waals surface area contributed by atoms with Gasteiger partial charge in [-0.25, -0.2) is 0 Å². The number of nitrogens with one attached hydrogen (secondary N) is 1. The van der Waals surface area contributed by atoms with Crippen LogP contribution in [0.1, 0.15) is 28.4 Å². The van der Waals surface area contributed by atoms with E-state index >= 15 is 0 Å². The highest BCUT2D eigenvalue weighted by molar-refractivity contribution is 6.30. The van der Waals surface area contributed by atoms with Crippen molar-refractivity contribution in [2.24, 2.45) is 12.9 Å². The zero-order valence-electron chi connectivity index (χ0n) is 12.8. The molecule has 0 saturated carbocycles. The second-order valence-corrected chi connectivity index (χ2v) is 5.49. The number of aromatic nitrogens is 2. The van der Waals surface area contributed by atoms with Crippen LogP contribution in [-0.4, -0.2) is 16.9 Å². The van der Waals surface area contributed by atoms with Crippen molar-refractivity contribution in [2.75, 3.05) is 7.11 Å². The van der Waals surface area contributed by atoms with E-state index in [-0.39, 0.29) is 6.04 Å². The second kappa shape index (κ2) is 6.47. The molecule has 1 aromatic carbocycles. The second-order valence-electron chi connectivity index (χ2n) is 5.13. The number of nitrogens with zero attached hydrogens (tertiary/aromatic N) is 2. The Hall–Kier alpha value is -1.56. The van der Waals surface area contributed by atoms with Crippen molar-refractivity contribution in [3.05, 3.63) is 45.7 Å². The van der Waals surface area contributed by atoms with Crippen molar-refractivity contribution < 1.29 is 4.74 Å². The fourth-order valence-corrected chi connectivity index (χ4v) is 2.75. The molecule has 21 heavy (non-hydrogen) atoms. The topological polar surface area (TPSA) is 65.1 Å². The maximum Gasteiger partial charge on any atom is 0.130 e. The van der Waals surface area contributed by atoms with Gasteiger partial charge in [-0.3, -0.25) is 16.0 Å². The number of methoxy groups -OCH3 is 1. The first-order valence-electron chi connectivity index (χ1n) is 6.76. The molecule has 0 saturated heterocycles. The highest BCUT2D eigenvalue weighted by Crippen LogP contribution is 2.28. The minimum absolute atomic E-state index is 0.0324. The van der Waals surface area contributed by atoms with E-state index in [1.165, 1.54) is 0 Å². The van der Waals surface area contributed by atoms with Gasteiger partial charge in [0, 0.05) is 12.6 Å². The van der Waals surface area contributed by atoms with E-state index < -0.39 is 0 Å². The summed E-state index contributed by atoms with van der Waals surface area (Å²) in [5.41, 5.74) is 6.96. The fourth-order valence-electron chi connectivity index (χ4n) is 2.50. The molecular weight excluding hydrogens is 288 g/mol. The Balaban J connectivity index is 2.30. The van der Waals surface area contributed by atoms with E-state index in [1.54, 1.807) is 11.8 Å². The van der Waals surface area contributed by atoms with Gasteiger partial charge in [0.25, 0.3) is 0 Å². The van der Waals surface area contributed by atoms with Crippen LogP contribution in [0.15, 0.2) is 18.2 Å². The number of benzene rings is 1. The number of aryl methyl sites for hydroxylation is 3. The number of halogens is 1. The third-order valence-electron chi connectivity index (χ3n) is 3.70. The summed E-state index contributed by atoms with van der Waals surface area (Å²) in [7, 11) is 3.50. The molecule has 0 fully saturated rings. The molecule has 0 spiro atoms. The zero-order valence-corrected chi connectivity index (χ0v) is 13.5. The summed E-state index contributed by atoms with van der Waals surface area (Å²) in [6.07, 6.45) is 0.681. The Bertz CT molecular complexity index is 639. The summed E-state index contributed by atoms with van der Waals surface area (Å²) in [5, 5.41) is 4.98. The van der Waals surface area contributed by atoms with Crippen LogP contribution >= 0.6 is 11.6 Å². The van der Waals surface area contributed by atoms with Crippen LogP contribution in [0.5, 0.6) is 5.75 Å². The first-order valence-corrected chi connectivity index (χ1v) is 7.14. The molecule has 0 aliphatic heterocycles. The van der Waals surface area contributed by atoms with E-state index in [1.807, 2.05) is 33.0 Å². The highest BCUT2D eigenvalue weighted by atomic mass is 35.5. The Morgan fingerprint density at radius 1 is 1.43 bits per heavy atom. The number of ether oxygens (including phenoxy) is 1. The molecule has 5 nitrogen and oxygen atoms in total. The molecule has 0 aliphatic rings. The van der Waals surface area contributed by atoms with Crippen LogP contribution in [0.3, 0.4) is 0 Å². The molecule has 2 rings (SSSR count). The number of hydrazine groups is 1. The van der Waals surface area contributed by atoms with Gasteiger partial charge in [0.2, 0.25) is 0 Å². The van der Waals surface area contributed by atoms with Crippen molar-refractivity contribution in [1.82, 2.24) is 15.2 Å².